The van der Waals surface area contributed by atoms with Crippen molar-refractivity contribution in [3.05, 3.63) is 35.4 Å². The third-order valence-corrected chi connectivity index (χ3v) is 2.80. The lowest BCUT2D eigenvalue weighted by atomic mass is 9.74. The Morgan fingerprint density at radius 2 is 1.88 bits per heavy atom. The molecule has 0 saturated carbocycles. The molecule has 0 aromatic heterocycles. The summed E-state index contributed by atoms with van der Waals surface area (Å²) in [4.78, 5) is 11.0. The van der Waals surface area contributed by atoms with Crippen LogP contribution < -0.4 is 5.73 Å². The number of amides is 1. The predicted octanol–water partition coefficient (Wildman–Crippen LogP) is 2.97. The van der Waals surface area contributed by atoms with Crippen LogP contribution in [0.25, 0.3) is 0 Å². The first kappa shape index (κ1) is 13.6. The molecule has 2 nitrogen and oxygen atoms in total. The molecule has 1 aromatic rings. The van der Waals surface area contributed by atoms with Crippen LogP contribution in [0.5, 0.6) is 0 Å². The fourth-order valence-corrected chi connectivity index (χ4v) is 1.85. The van der Waals surface area contributed by atoms with E-state index in [2.05, 4.69) is 0 Å². The van der Waals surface area contributed by atoms with Gasteiger partial charge < -0.3 is 5.73 Å². The molecule has 1 aromatic carbocycles. The summed E-state index contributed by atoms with van der Waals surface area (Å²) in [6, 6.07) is 3.70. The van der Waals surface area contributed by atoms with E-state index in [4.69, 9.17) is 5.73 Å². The summed E-state index contributed by atoms with van der Waals surface area (Å²) in [7, 11) is 0. The van der Waals surface area contributed by atoms with Gasteiger partial charge in [-0.15, -0.1) is 0 Å². The number of carbonyl (C=O) groups is 1. The standard InChI is InChI=1S/C13H17F2NO/c1-13(2,3)9(7-12(16)17)8-4-5-10(14)11(15)6-8/h4-6,9H,7H2,1-3H3,(H2,16,17). The monoisotopic (exact) mass is 241 g/mol. The highest BCUT2D eigenvalue weighted by atomic mass is 19.2. The minimum atomic E-state index is -0.902. The van der Waals surface area contributed by atoms with E-state index in [1.54, 1.807) is 0 Å². The van der Waals surface area contributed by atoms with Crippen LogP contribution in [0.3, 0.4) is 0 Å². The Morgan fingerprint density at radius 1 is 1.29 bits per heavy atom. The molecule has 0 fully saturated rings. The number of rotatable bonds is 3. The molecule has 0 aliphatic heterocycles. The van der Waals surface area contributed by atoms with Gasteiger partial charge in [0.2, 0.25) is 5.91 Å². The summed E-state index contributed by atoms with van der Waals surface area (Å²) in [5.41, 5.74) is 5.53. The Hall–Kier alpha value is -1.45. The summed E-state index contributed by atoms with van der Waals surface area (Å²) in [6.07, 6.45) is 0.120. The van der Waals surface area contributed by atoms with Crippen LogP contribution in [-0.2, 0) is 4.79 Å². The second kappa shape index (κ2) is 4.82. The predicted molar refractivity (Wildman–Crippen MR) is 62.4 cm³/mol. The van der Waals surface area contributed by atoms with Gasteiger partial charge in [0.05, 0.1) is 0 Å². The average Bonchev–Trinajstić information content (AvgIpc) is 2.17. The largest absolute Gasteiger partial charge is 0.370 e. The number of carbonyl (C=O) groups excluding carboxylic acids is 1. The van der Waals surface area contributed by atoms with Gasteiger partial charge in [0, 0.05) is 6.42 Å². The van der Waals surface area contributed by atoms with Crippen LogP contribution in [0, 0.1) is 17.0 Å². The lowest BCUT2D eigenvalue weighted by Crippen LogP contribution is -2.25. The molecule has 0 aliphatic rings. The van der Waals surface area contributed by atoms with Gasteiger partial charge in [0.1, 0.15) is 0 Å². The number of nitrogens with two attached hydrogens (primary N) is 1. The molecule has 0 aliphatic carbocycles. The van der Waals surface area contributed by atoms with Crippen molar-refractivity contribution in [3.63, 3.8) is 0 Å². The summed E-state index contributed by atoms with van der Waals surface area (Å²) >= 11 is 0. The van der Waals surface area contributed by atoms with Gasteiger partial charge in [-0.05, 0) is 29.0 Å². The van der Waals surface area contributed by atoms with Crippen LogP contribution in [0.4, 0.5) is 8.78 Å². The number of hydrogen-bond donors (Lipinski definition) is 1. The van der Waals surface area contributed by atoms with Crippen LogP contribution in [0.15, 0.2) is 18.2 Å². The smallest absolute Gasteiger partial charge is 0.218 e. The van der Waals surface area contributed by atoms with E-state index < -0.39 is 17.5 Å². The second-order valence-corrected chi connectivity index (χ2v) is 5.26. The molecule has 0 heterocycles. The third-order valence-electron chi connectivity index (χ3n) is 2.80. The van der Waals surface area contributed by atoms with Crippen LogP contribution in [0.1, 0.15) is 38.7 Å². The molecule has 2 N–H and O–H groups in total. The topological polar surface area (TPSA) is 43.1 Å². The van der Waals surface area contributed by atoms with Crippen molar-refractivity contribution in [1.82, 2.24) is 0 Å². The molecule has 1 amide bonds. The summed E-state index contributed by atoms with van der Waals surface area (Å²) in [5, 5.41) is 0. The minimum absolute atomic E-state index is 0.120. The van der Waals surface area contributed by atoms with E-state index in [9.17, 15) is 13.6 Å². The van der Waals surface area contributed by atoms with Gasteiger partial charge in [0.25, 0.3) is 0 Å². The van der Waals surface area contributed by atoms with E-state index in [0.29, 0.717) is 5.56 Å². The Morgan fingerprint density at radius 3 is 2.29 bits per heavy atom. The molecule has 4 heteroatoms. The van der Waals surface area contributed by atoms with Gasteiger partial charge in [0.15, 0.2) is 11.6 Å². The first-order valence-electron chi connectivity index (χ1n) is 5.45. The maximum atomic E-state index is 13.2. The quantitative estimate of drug-likeness (QED) is 0.868. The lowest BCUT2D eigenvalue weighted by molar-refractivity contribution is -0.118. The zero-order valence-corrected chi connectivity index (χ0v) is 10.3. The van der Waals surface area contributed by atoms with E-state index >= 15 is 0 Å². The van der Waals surface area contributed by atoms with Gasteiger partial charge in [-0.2, -0.15) is 0 Å². The molecular formula is C13H17F2NO. The van der Waals surface area contributed by atoms with Crippen molar-refractivity contribution in [2.75, 3.05) is 0 Å². The number of primary amides is 1. The summed E-state index contributed by atoms with van der Waals surface area (Å²) in [5.74, 6) is -2.47. The van der Waals surface area contributed by atoms with Crippen LogP contribution in [0.2, 0.25) is 0 Å². The summed E-state index contributed by atoms with van der Waals surface area (Å²) in [6.45, 7) is 5.80. The van der Waals surface area contributed by atoms with Crippen molar-refractivity contribution >= 4 is 5.91 Å². The zero-order chi connectivity index (χ0) is 13.2. The van der Waals surface area contributed by atoms with E-state index in [-0.39, 0.29) is 17.8 Å². The summed E-state index contributed by atoms with van der Waals surface area (Å²) < 4.78 is 26.0. The highest BCUT2D eigenvalue weighted by molar-refractivity contribution is 5.74. The normalized spacial score (nSPS) is 13.5. The first-order valence-corrected chi connectivity index (χ1v) is 5.45. The SMILES string of the molecule is CC(C)(C)C(CC(N)=O)c1ccc(F)c(F)c1. The maximum Gasteiger partial charge on any atom is 0.218 e. The number of halogens is 2. The first-order chi connectivity index (χ1) is 7.71. The molecule has 0 radical (unpaired) electrons. The van der Waals surface area contributed by atoms with Gasteiger partial charge in [-0.25, -0.2) is 8.78 Å². The molecule has 17 heavy (non-hydrogen) atoms. The van der Waals surface area contributed by atoms with E-state index in [0.717, 1.165) is 12.1 Å². The molecule has 1 atom stereocenters. The average molecular weight is 241 g/mol. The Kier molecular flexibility index (Phi) is 3.86. The molecule has 0 spiro atoms. The lowest BCUT2D eigenvalue weighted by Gasteiger charge is -2.30. The van der Waals surface area contributed by atoms with E-state index in [1.807, 2.05) is 20.8 Å². The zero-order valence-electron chi connectivity index (χ0n) is 10.3. The number of hydrogen-bond acceptors (Lipinski definition) is 1. The van der Waals surface area contributed by atoms with Crippen LogP contribution in [-0.4, -0.2) is 5.91 Å². The van der Waals surface area contributed by atoms with Crippen LogP contribution >= 0.6 is 0 Å². The molecule has 94 valence electrons. The Bertz CT molecular complexity index is 424. The molecular weight excluding hydrogens is 224 g/mol. The maximum absolute atomic E-state index is 13.2. The molecule has 0 saturated heterocycles. The van der Waals surface area contributed by atoms with Crippen molar-refractivity contribution in [2.45, 2.75) is 33.1 Å². The Balaban J connectivity index is 3.13. The number of benzene rings is 1. The van der Waals surface area contributed by atoms with Crippen molar-refractivity contribution < 1.29 is 13.6 Å². The van der Waals surface area contributed by atoms with Crippen molar-refractivity contribution in [2.24, 2.45) is 11.1 Å². The van der Waals surface area contributed by atoms with Crippen molar-refractivity contribution in [1.29, 1.82) is 0 Å². The van der Waals surface area contributed by atoms with Crippen molar-refractivity contribution in [3.8, 4) is 0 Å². The van der Waals surface area contributed by atoms with Gasteiger partial charge in [-0.1, -0.05) is 26.8 Å². The van der Waals surface area contributed by atoms with E-state index in [1.165, 1.54) is 6.07 Å². The molecule has 1 rings (SSSR count). The van der Waals surface area contributed by atoms with Gasteiger partial charge in [-0.3, -0.25) is 4.79 Å². The highest BCUT2D eigenvalue weighted by Gasteiger charge is 2.28. The molecule has 1 unspecified atom stereocenters. The fraction of sp³-hybridized carbons (Fsp3) is 0.462. The minimum Gasteiger partial charge on any atom is -0.370 e. The fourth-order valence-electron chi connectivity index (χ4n) is 1.85. The highest BCUT2D eigenvalue weighted by Crippen LogP contribution is 2.37. The molecule has 0 bridgehead atoms. The second-order valence-electron chi connectivity index (χ2n) is 5.26. The Labute approximate surface area is 99.8 Å². The van der Waals surface area contributed by atoms with Gasteiger partial charge >= 0.3 is 0 Å². The third kappa shape index (κ3) is 3.51.